The Labute approximate surface area is 363 Å². The highest BCUT2D eigenvalue weighted by Crippen LogP contribution is 2.54. The number of rotatable bonds is 5. The van der Waals surface area contributed by atoms with E-state index in [1.165, 1.54) is 69.7 Å². The second-order valence-electron chi connectivity index (χ2n) is 17.2. The summed E-state index contributed by atoms with van der Waals surface area (Å²) in [6, 6.07) is 73.5. The molecular formula is C59H39NOS. The lowest BCUT2D eigenvalue weighted by Gasteiger charge is -2.30. The minimum absolute atomic E-state index is 0.175. The fraction of sp³-hybridized carbons (Fsp3) is 0.0508. The maximum Gasteiger partial charge on any atom is 0.160 e. The summed E-state index contributed by atoms with van der Waals surface area (Å²) in [5.74, 6) is 0. The van der Waals surface area contributed by atoms with Crippen molar-refractivity contribution in [3.05, 3.63) is 211 Å². The number of furan rings is 1. The van der Waals surface area contributed by atoms with Crippen LogP contribution in [0.25, 0.3) is 97.0 Å². The Morgan fingerprint density at radius 3 is 1.82 bits per heavy atom. The third-order valence-corrected chi connectivity index (χ3v) is 14.7. The van der Waals surface area contributed by atoms with Crippen molar-refractivity contribution < 1.29 is 4.42 Å². The molecule has 0 radical (unpaired) electrons. The SMILES string of the molecule is CC1(C)c2ccccc2-c2ccc(N(c3ccc(-c4cccc5c4sc4ccccc45)cc3)c3c(-c4ccccc4)ccc4c3oc3c5ccccc5c5ccccc5c43)cc21. The highest BCUT2D eigenvalue weighted by atomic mass is 32.1. The van der Waals surface area contributed by atoms with Crippen molar-refractivity contribution in [2.75, 3.05) is 4.90 Å². The number of hydrogen-bond donors (Lipinski definition) is 0. The van der Waals surface area contributed by atoms with Gasteiger partial charge in [-0.05, 0) is 91.5 Å². The summed E-state index contributed by atoms with van der Waals surface area (Å²) in [6.45, 7) is 4.72. The number of hydrogen-bond acceptors (Lipinski definition) is 3. The van der Waals surface area contributed by atoms with Crippen LogP contribution in [0.4, 0.5) is 17.1 Å². The van der Waals surface area contributed by atoms with E-state index in [0.29, 0.717) is 0 Å². The van der Waals surface area contributed by atoms with Gasteiger partial charge < -0.3 is 9.32 Å². The van der Waals surface area contributed by atoms with Crippen molar-refractivity contribution >= 4 is 92.1 Å². The molecule has 2 nitrogen and oxygen atoms in total. The quantitative estimate of drug-likeness (QED) is 0.161. The molecule has 2 heterocycles. The van der Waals surface area contributed by atoms with Gasteiger partial charge in [0.1, 0.15) is 5.58 Å². The van der Waals surface area contributed by atoms with E-state index in [0.717, 1.165) is 55.5 Å². The zero-order valence-electron chi connectivity index (χ0n) is 34.3. The highest BCUT2D eigenvalue weighted by molar-refractivity contribution is 7.26. The fourth-order valence-corrected chi connectivity index (χ4v) is 11.8. The van der Waals surface area contributed by atoms with Crippen molar-refractivity contribution in [1.82, 2.24) is 0 Å². The second-order valence-corrected chi connectivity index (χ2v) is 18.2. The minimum atomic E-state index is -0.175. The second kappa shape index (κ2) is 13.3. The van der Waals surface area contributed by atoms with Crippen molar-refractivity contribution in [2.45, 2.75) is 19.3 Å². The first-order chi connectivity index (χ1) is 30.5. The monoisotopic (exact) mass is 809 g/mol. The lowest BCUT2D eigenvalue weighted by atomic mass is 9.82. The summed E-state index contributed by atoms with van der Waals surface area (Å²) in [4.78, 5) is 2.46. The first-order valence-corrected chi connectivity index (χ1v) is 22.2. The van der Waals surface area contributed by atoms with Gasteiger partial charge >= 0.3 is 0 Å². The molecule has 0 saturated heterocycles. The van der Waals surface area contributed by atoms with E-state index >= 15 is 0 Å². The Kier molecular flexibility index (Phi) is 7.56. The molecule has 292 valence electrons. The third kappa shape index (κ3) is 5.03. The number of thiophene rings is 1. The number of benzene rings is 10. The van der Waals surface area contributed by atoms with E-state index in [4.69, 9.17) is 4.42 Å². The van der Waals surface area contributed by atoms with Crippen LogP contribution < -0.4 is 4.90 Å². The molecule has 0 aliphatic heterocycles. The van der Waals surface area contributed by atoms with Gasteiger partial charge in [-0.15, -0.1) is 11.3 Å². The predicted octanol–water partition coefficient (Wildman–Crippen LogP) is 17.4. The summed E-state index contributed by atoms with van der Waals surface area (Å²) in [7, 11) is 0. The van der Waals surface area contributed by atoms with Crippen molar-refractivity contribution in [2.24, 2.45) is 0 Å². The van der Waals surface area contributed by atoms with E-state index in [-0.39, 0.29) is 5.41 Å². The van der Waals surface area contributed by atoms with Crippen LogP contribution in [0.3, 0.4) is 0 Å². The van der Waals surface area contributed by atoms with Gasteiger partial charge in [0.25, 0.3) is 0 Å². The van der Waals surface area contributed by atoms with Crippen LogP contribution >= 0.6 is 11.3 Å². The number of nitrogens with zero attached hydrogens (tertiary/aromatic N) is 1. The molecule has 0 spiro atoms. The molecule has 0 bridgehead atoms. The van der Waals surface area contributed by atoms with E-state index in [1.54, 1.807) is 0 Å². The Bertz CT molecular complexity index is 3780. The molecule has 1 aliphatic carbocycles. The molecule has 10 aromatic carbocycles. The Hall–Kier alpha value is -7.46. The van der Waals surface area contributed by atoms with Crippen LogP contribution in [-0.2, 0) is 5.41 Å². The lowest BCUT2D eigenvalue weighted by molar-refractivity contribution is 0.660. The maximum atomic E-state index is 7.41. The molecule has 1 aliphatic rings. The van der Waals surface area contributed by atoms with Crippen LogP contribution in [0.5, 0.6) is 0 Å². The van der Waals surface area contributed by atoms with Gasteiger partial charge in [-0.1, -0.05) is 178 Å². The Morgan fingerprint density at radius 2 is 1.00 bits per heavy atom. The molecule has 13 rings (SSSR count). The maximum absolute atomic E-state index is 7.41. The summed E-state index contributed by atoms with van der Waals surface area (Å²) < 4.78 is 10.0. The first-order valence-electron chi connectivity index (χ1n) is 21.4. The standard InChI is InChI=1S/C59H39NOS/c1-59(2)51-25-12-10-19-44(51)45-32-31-39(35-52(45)59)60(38-29-27-37(28-30-38)41-23-14-24-49-46-20-11-13-26-53(46)62-58(41)49)55-40(36-15-4-3-5-16-36)33-34-50-54-47-21-8-6-17-42(47)43-18-7-9-22-48(43)56(54)61-57(50)55/h3-35H,1-2H3. The molecule has 12 aromatic rings. The van der Waals surface area contributed by atoms with E-state index in [9.17, 15) is 0 Å². The molecule has 0 N–H and O–H groups in total. The minimum Gasteiger partial charge on any atom is -0.453 e. The third-order valence-electron chi connectivity index (χ3n) is 13.5. The zero-order valence-corrected chi connectivity index (χ0v) is 35.1. The normalized spacial score (nSPS) is 13.1. The predicted molar refractivity (Wildman–Crippen MR) is 265 cm³/mol. The van der Waals surface area contributed by atoms with Gasteiger partial charge in [0.2, 0.25) is 0 Å². The summed E-state index contributed by atoms with van der Waals surface area (Å²) in [5, 5.41) is 9.60. The average molecular weight is 810 g/mol. The number of fused-ring (bicyclic) bond motifs is 14. The van der Waals surface area contributed by atoms with Gasteiger partial charge in [-0.2, -0.15) is 0 Å². The topological polar surface area (TPSA) is 16.4 Å². The lowest BCUT2D eigenvalue weighted by Crippen LogP contribution is -2.17. The molecule has 0 fully saturated rings. The average Bonchev–Trinajstić information content (AvgIpc) is 3.98. The molecule has 0 atom stereocenters. The van der Waals surface area contributed by atoms with Gasteiger partial charge in [0.05, 0.1) is 5.69 Å². The van der Waals surface area contributed by atoms with Crippen LogP contribution in [0, 0.1) is 0 Å². The highest BCUT2D eigenvalue weighted by Gasteiger charge is 2.36. The summed E-state index contributed by atoms with van der Waals surface area (Å²) >= 11 is 1.87. The zero-order chi connectivity index (χ0) is 41.1. The van der Waals surface area contributed by atoms with Crippen molar-refractivity contribution in [3.63, 3.8) is 0 Å². The Morgan fingerprint density at radius 1 is 0.403 bits per heavy atom. The van der Waals surface area contributed by atoms with Gasteiger partial charge in [0.15, 0.2) is 5.58 Å². The smallest absolute Gasteiger partial charge is 0.160 e. The summed E-state index contributed by atoms with van der Waals surface area (Å²) in [6.07, 6.45) is 0. The van der Waals surface area contributed by atoms with Crippen LogP contribution in [0.1, 0.15) is 25.0 Å². The van der Waals surface area contributed by atoms with E-state index < -0.39 is 0 Å². The molecule has 2 aromatic heterocycles. The molecular weight excluding hydrogens is 771 g/mol. The van der Waals surface area contributed by atoms with Crippen LogP contribution in [0.15, 0.2) is 205 Å². The first kappa shape index (κ1) is 35.3. The number of anilines is 3. The van der Waals surface area contributed by atoms with Gasteiger partial charge in [0, 0.05) is 58.7 Å². The molecule has 62 heavy (non-hydrogen) atoms. The summed E-state index contributed by atoms with van der Waals surface area (Å²) in [5.41, 5.74) is 14.7. The van der Waals surface area contributed by atoms with Crippen molar-refractivity contribution in [1.29, 1.82) is 0 Å². The van der Waals surface area contributed by atoms with Crippen LogP contribution in [0.2, 0.25) is 0 Å². The molecule has 0 unspecified atom stereocenters. The molecule has 0 saturated carbocycles. The van der Waals surface area contributed by atoms with Gasteiger partial charge in [-0.3, -0.25) is 0 Å². The van der Waals surface area contributed by atoms with E-state index in [1.807, 2.05) is 11.3 Å². The molecule has 0 amide bonds. The van der Waals surface area contributed by atoms with Crippen LogP contribution in [-0.4, -0.2) is 0 Å². The van der Waals surface area contributed by atoms with Gasteiger partial charge in [-0.25, -0.2) is 0 Å². The fourth-order valence-electron chi connectivity index (χ4n) is 10.5. The molecule has 3 heteroatoms. The largest absolute Gasteiger partial charge is 0.453 e. The Balaban J connectivity index is 1.11. The van der Waals surface area contributed by atoms with Crippen molar-refractivity contribution in [3.8, 4) is 33.4 Å². The van der Waals surface area contributed by atoms with E-state index in [2.05, 4.69) is 219 Å².